The van der Waals surface area contributed by atoms with Crippen molar-refractivity contribution in [1.29, 1.82) is 0 Å². The molecule has 0 bridgehead atoms. The van der Waals surface area contributed by atoms with Crippen molar-refractivity contribution in [2.45, 2.75) is 52.4 Å². The molecule has 0 saturated heterocycles. The normalized spacial score (nSPS) is 12.4. The van der Waals surface area contributed by atoms with Crippen molar-refractivity contribution in [3.05, 3.63) is 35.9 Å². The number of carbonyl (C=O) groups excluding carboxylic acids is 1. The van der Waals surface area contributed by atoms with Gasteiger partial charge in [-0.3, -0.25) is 4.79 Å². The van der Waals surface area contributed by atoms with E-state index in [1.807, 2.05) is 37.3 Å². The molecule has 1 atom stereocenters. The Morgan fingerprint density at radius 2 is 1.74 bits per heavy atom. The first-order valence-corrected chi connectivity index (χ1v) is 7.33. The van der Waals surface area contributed by atoms with Gasteiger partial charge in [0.15, 0.2) is 0 Å². The molecule has 0 aliphatic heterocycles. The van der Waals surface area contributed by atoms with Crippen LogP contribution in [0.3, 0.4) is 0 Å². The van der Waals surface area contributed by atoms with Crippen LogP contribution in [0.5, 0.6) is 0 Å². The molecule has 0 spiro atoms. The van der Waals surface area contributed by atoms with Crippen molar-refractivity contribution in [3.63, 3.8) is 0 Å². The molecule has 1 rings (SSSR count). The Morgan fingerprint density at radius 1 is 1.05 bits per heavy atom. The predicted molar refractivity (Wildman–Crippen MR) is 79.1 cm³/mol. The third-order valence-corrected chi connectivity index (χ3v) is 3.32. The van der Waals surface area contributed by atoms with Gasteiger partial charge in [0.1, 0.15) is 0 Å². The zero-order valence-electron chi connectivity index (χ0n) is 12.4. The van der Waals surface area contributed by atoms with Crippen molar-refractivity contribution >= 4 is 5.97 Å². The summed E-state index contributed by atoms with van der Waals surface area (Å²) in [5, 5.41) is 0. The lowest BCUT2D eigenvalue weighted by molar-refractivity contribution is -0.145. The monoisotopic (exact) mass is 262 g/mol. The SMILES string of the molecule is CC(C)CCCCCOC(=O)C(C)c1ccccc1. The Bertz CT molecular complexity index is 357. The van der Waals surface area contributed by atoms with Gasteiger partial charge >= 0.3 is 5.97 Å². The van der Waals surface area contributed by atoms with E-state index in [9.17, 15) is 4.79 Å². The van der Waals surface area contributed by atoms with Crippen molar-refractivity contribution in [2.24, 2.45) is 5.92 Å². The highest BCUT2D eigenvalue weighted by molar-refractivity contribution is 5.77. The standard InChI is InChI=1S/C17H26O2/c1-14(2)10-6-5-9-13-19-17(18)15(3)16-11-7-4-8-12-16/h4,7-8,11-12,14-15H,5-6,9-10,13H2,1-3H3. The summed E-state index contributed by atoms with van der Waals surface area (Å²) in [6, 6.07) is 9.79. The number of hydrogen-bond donors (Lipinski definition) is 0. The maximum atomic E-state index is 11.9. The quantitative estimate of drug-likeness (QED) is 0.507. The predicted octanol–water partition coefficient (Wildman–Crippen LogP) is 4.55. The van der Waals surface area contributed by atoms with Crippen LogP contribution in [-0.4, -0.2) is 12.6 Å². The maximum Gasteiger partial charge on any atom is 0.313 e. The Labute approximate surface area is 117 Å². The zero-order valence-corrected chi connectivity index (χ0v) is 12.4. The number of hydrogen-bond acceptors (Lipinski definition) is 2. The number of carbonyl (C=O) groups is 1. The minimum atomic E-state index is -0.170. The lowest BCUT2D eigenvalue weighted by Crippen LogP contribution is -2.13. The molecule has 0 saturated carbocycles. The molecule has 19 heavy (non-hydrogen) atoms. The van der Waals surface area contributed by atoms with Crippen molar-refractivity contribution in [2.75, 3.05) is 6.61 Å². The van der Waals surface area contributed by atoms with E-state index in [0.29, 0.717) is 6.61 Å². The smallest absolute Gasteiger partial charge is 0.313 e. The lowest BCUT2D eigenvalue weighted by Gasteiger charge is -2.11. The van der Waals surface area contributed by atoms with Crippen LogP contribution in [-0.2, 0) is 9.53 Å². The molecule has 0 aromatic heterocycles. The average Bonchev–Trinajstić information content (AvgIpc) is 2.42. The van der Waals surface area contributed by atoms with Gasteiger partial charge in [-0.15, -0.1) is 0 Å². The van der Waals surface area contributed by atoms with Crippen LogP contribution < -0.4 is 0 Å². The van der Waals surface area contributed by atoms with Crippen LogP contribution in [0.2, 0.25) is 0 Å². The maximum absolute atomic E-state index is 11.9. The molecule has 1 aromatic carbocycles. The second-order valence-corrected chi connectivity index (χ2v) is 5.54. The number of esters is 1. The molecule has 0 N–H and O–H groups in total. The molecule has 2 nitrogen and oxygen atoms in total. The molecule has 0 aliphatic rings. The number of unbranched alkanes of at least 4 members (excludes halogenated alkanes) is 2. The number of rotatable bonds is 8. The molecule has 0 heterocycles. The van der Waals surface area contributed by atoms with Crippen LogP contribution >= 0.6 is 0 Å². The van der Waals surface area contributed by atoms with Crippen molar-refractivity contribution < 1.29 is 9.53 Å². The summed E-state index contributed by atoms with van der Waals surface area (Å²) in [6.45, 7) is 6.92. The molecule has 1 unspecified atom stereocenters. The molecule has 0 radical (unpaired) electrons. The van der Waals surface area contributed by atoms with E-state index in [1.54, 1.807) is 0 Å². The lowest BCUT2D eigenvalue weighted by atomic mass is 10.0. The Morgan fingerprint density at radius 3 is 2.37 bits per heavy atom. The highest BCUT2D eigenvalue weighted by atomic mass is 16.5. The summed E-state index contributed by atoms with van der Waals surface area (Å²) in [5.41, 5.74) is 1.02. The first-order chi connectivity index (χ1) is 9.11. The third-order valence-electron chi connectivity index (χ3n) is 3.32. The molecule has 0 fully saturated rings. The summed E-state index contributed by atoms with van der Waals surface area (Å²) in [7, 11) is 0. The highest BCUT2D eigenvalue weighted by Gasteiger charge is 2.15. The van der Waals surface area contributed by atoms with Gasteiger partial charge in [0.2, 0.25) is 0 Å². The Balaban J connectivity index is 2.17. The molecule has 0 aliphatic carbocycles. The van der Waals surface area contributed by atoms with Gasteiger partial charge in [-0.2, -0.15) is 0 Å². The zero-order chi connectivity index (χ0) is 14.1. The highest BCUT2D eigenvalue weighted by Crippen LogP contribution is 2.16. The van der Waals surface area contributed by atoms with Gasteiger partial charge in [0, 0.05) is 0 Å². The molecular formula is C17H26O2. The van der Waals surface area contributed by atoms with Crippen LogP contribution in [0.4, 0.5) is 0 Å². The van der Waals surface area contributed by atoms with Crippen LogP contribution in [0, 0.1) is 5.92 Å². The summed E-state index contributed by atoms with van der Waals surface area (Å²) >= 11 is 0. The van der Waals surface area contributed by atoms with E-state index < -0.39 is 0 Å². The number of ether oxygens (including phenoxy) is 1. The van der Waals surface area contributed by atoms with Crippen molar-refractivity contribution in [3.8, 4) is 0 Å². The second kappa shape index (κ2) is 8.73. The number of benzene rings is 1. The first kappa shape index (κ1) is 15.7. The van der Waals surface area contributed by atoms with Gasteiger partial charge < -0.3 is 4.74 Å². The van der Waals surface area contributed by atoms with E-state index in [0.717, 1.165) is 24.3 Å². The summed E-state index contributed by atoms with van der Waals surface area (Å²) in [5.74, 6) is 0.479. The first-order valence-electron chi connectivity index (χ1n) is 7.33. The van der Waals surface area contributed by atoms with Gasteiger partial charge in [-0.05, 0) is 24.8 Å². The van der Waals surface area contributed by atoms with Gasteiger partial charge in [-0.25, -0.2) is 0 Å². The van der Waals surface area contributed by atoms with Crippen molar-refractivity contribution in [1.82, 2.24) is 0 Å². The second-order valence-electron chi connectivity index (χ2n) is 5.54. The fourth-order valence-corrected chi connectivity index (χ4v) is 2.01. The molecule has 106 valence electrons. The topological polar surface area (TPSA) is 26.3 Å². The minimum Gasteiger partial charge on any atom is -0.465 e. The molecule has 0 amide bonds. The molecular weight excluding hydrogens is 236 g/mol. The van der Waals surface area contributed by atoms with E-state index in [-0.39, 0.29) is 11.9 Å². The van der Waals surface area contributed by atoms with Crippen LogP contribution in [0.1, 0.15) is 57.9 Å². The van der Waals surface area contributed by atoms with E-state index >= 15 is 0 Å². The Hall–Kier alpha value is -1.31. The Kier molecular flexibility index (Phi) is 7.24. The minimum absolute atomic E-state index is 0.116. The van der Waals surface area contributed by atoms with Crippen LogP contribution in [0.25, 0.3) is 0 Å². The van der Waals surface area contributed by atoms with E-state index in [1.165, 1.54) is 12.8 Å². The molecule has 1 aromatic rings. The van der Waals surface area contributed by atoms with E-state index in [2.05, 4.69) is 13.8 Å². The largest absolute Gasteiger partial charge is 0.465 e. The van der Waals surface area contributed by atoms with E-state index in [4.69, 9.17) is 4.74 Å². The summed E-state index contributed by atoms with van der Waals surface area (Å²) in [6.07, 6.45) is 4.60. The van der Waals surface area contributed by atoms with Gasteiger partial charge in [-0.1, -0.05) is 63.4 Å². The molecule has 2 heteroatoms. The fraction of sp³-hybridized carbons (Fsp3) is 0.588. The third kappa shape index (κ3) is 6.42. The van der Waals surface area contributed by atoms with Gasteiger partial charge in [0.05, 0.1) is 12.5 Å². The van der Waals surface area contributed by atoms with Gasteiger partial charge in [0.25, 0.3) is 0 Å². The van der Waals surface area contributed by atoms with Crippen LogP contribution in [0.15, 0.2) is 30.3 Å². The average molecular weight is 262 g/mol. The summed E-state index contributed by atoms with van der Waals surface area (Å²) < 4.78 is 5.33. The fourth-order valence-electron chi connectivity index (χ4n) is 2.01. The summed E-state index contributed by atoms with van der Waals surface area (Å²) in [4.78, 5) is 11.9.